The number of carbonyl (C=O) groups is 1. The molecule has 0 bridgehead atoms. The van der Waals surface area contributed by atoms with Crippen molar-refractivity contribution in [1.82, 2.24) is 10.6 Å². The van der Waals surface area contributed by atoms with E-state index in [1.54, 1.807) is 0 Å². The molecule has 2 atom stereocenters. The van der Waals surface area contributed by atoms with Gasteiger partial charge in [0, 0.05) is 0 Å². The largest absolute Gasteiger partial charge is 0.348 e. The molecule has 0 spiro atoms. The molecule has 1 heterocycles. The standard InChI is InChI=1S/C15H22N2O/c1-11-7-3-4-8-13(11)12(2)17-15(18)14-9-5-6-10-16-14/h3-4,7-8,12,14,16H,5-6,9-10H2,1-2H3,(H,17,18)/t12-,14?/m0/s1. The first-order chi connectivity index (χ1) is 8.68. The molecule has 0 saturated carbocycles. The number of piperidine rings is 1. The summed E-state index contributed by atoms with van der Waals surface area (Å²) in [6.45, 7) is 5.08. The zero-order valence-corrected chi connectivity index (χ0v) is 11.2. The van der Waals surface area contributed by atoms with E-state index in [0.717, 1.165) is 19.4 Å². The van der Waals surface area contributed by atoms with Gasteiger partial charge in [-0.2, -0.15) is 0 Å². The fraction of sp³-hybridized carbons (Fsp3) is 0.533. The van der Waals surface area contributed by atoms with Crippen molar-refractivity contribution >= 4 is 5.91 Å². The first-order valence-electron chi connectivity index (χ1n) is 6.78. The fourth-order valence-corrected chi connectivity index (χ4v) is 2.54. The summed E-state index contributed by atoms with van der Waals surface area (Å²) in [5.74, 6) is 0.130. The molecule has 3 nitrogen and oxygen atoms in total. The van der Waals surface area contributed by atoms with Gasteiger partial charge in [0.1, 0.15) is 0 Å². The average molecular weight is 246 g/mol. The van der Waals surface area contributed by atoms with E-state index in [9.17, 15) is 4.79 Å². The molecule has 2 rings (SSSR count). The van der Waals surface area contributed by atoms with Gasteiger partial charge < -0.3 is 10.6 Å². The third-order valence-electron chi connectivity index (χ3n) is 3.64. The summed E-state index contributed by atoms with van der Waals surface area (Å²) < 4.78 is 0. The van der Waals surface area contributed by atoms with Crippen molar-refractivity contribution in [2.24, 2.45) is 0 Å². The minimum absolute atomic E-state index is 0.00906. The van der Waals surface area contributed by atoms with Crippen molar-refractivity contribution < 1.29 is 4.79 Å². The Labute approximate surface area is 109 Å². The van der Waals surface area contributed by atoms with Gasteiger partial charge in [0.05, 0.1) is 12.1 Å². The van der Waals surface area contributed by atoms with Crippen molar-refractivity contribution in [1.29, 1.82) is 0 Å². The van der Waals surface area contributed by atoms with Crippen LogP contribution in [0.4, 0.5) is 0 Å². The van der Waals surface area contributed by atoms with Crippen LogP contribution >= 0.6 is 0 Å². The summed E-state index contributed by atoms with van der Waals surface area (Å²) in [6, 6.07) is 8.26. The summed E-state index contributed by atoms with van der Waals surface area (Å²) in [7, 11) is 0. The normalized spacial score (nSPS) is 21.3. The number of nitrogens with one attached hydrogen (secondary N) is 2. The molecule has 1 aromatic rings. The Hall–Kier alpha value is -1.35. The van der Waals surface area contributed by atoms with Crippen LogP contribution in [0.15, 0.2) is 24.3 Å². The Morgan fingerprint density at radius 2 is 2.17 bits per heavy atom. The first-order valence-corrected chi connectivity index (χ1v) is 6.78. The van der Waals surface area contributed by atoms with Gasteiger partial charge in [0.15, 0.2) is 0 Å². The molecular formula is C15H22N2O. The van der Waals surface area contributed by atoms with Crippen LogP contribution in [0, 0.1) is 6.92 Å². The molecule has 98 valence electrons. The van der Waals surface area contributed by atoms with Gasteiger partial charge in [-0.3, -0.25) is 4.79 Å². The zero-order valence-electron chi connectivity index (χ0n) is 11.2. The molecule has 3 heteroatoms. The van der Waals surface area contributed by atoms with Gasteiger partial charge in [-0.05, 0) is 44.4 Å². The highest BCUT2D eigenvalue weighted by Gasteiger charge is 2.22. The van der Waals surface area contributed by atoms with Crippen LogP contribution in [0.3, 0.4) is 0 Å². The topological polar surface area (TPSA) is 41.1 Å². The van der Waals surface area contributed by atoms with Crippen LogP contribution < -0.4 is 10.6 Å². The van der Waals surface area contributed by atoms with Crippen molar-refractivity contribution in [3.05, 3.63) is 35.4 Å². The summed E-state index contributed by atoms with van der Waals surface area (Å²) in [4.78, 5) is 12.1. The highest BCUT2D eigenvalue weighted by atomic mass is 16.2. The number of benzene rings is 1. The average Bonchev–Trinajstić information content (AvgIpc) is 2.40. The van der Waals surface area contributed by atoms with Gasteiger partial charge in [-0.25, -0.2) is 0 Å². The molecule has 18 heavy (non-hydrogen) atoms. The predicted molar refractivity (Wildman–Crippen MR) is 73.4 cm³/mol. The number of aryl methyl sites for hydroxylation is 1. The first kappa shape index (κ1) is 13.1. The predicted octanol–water partition coefficient (Wildman–Crippen LogP) is 2.31. The maximum absolute atomic E-state index is 12.1. The van der Waals surface area contributed by atoms with Crippen LogP contribution in [0.25, 0.3) is 0 Å². The molecule has 2 N–H and O–H groups in total. The minimum atomic E-state index is -0.00906. The van der Waals surface area contributed by atoms with Crippen molar-refractivity contribution in [3.63, 3.8) is 0 Å². The molecule has 0 radical (unpaired) electrons. The third kappa shape index (κ3) is 3.10. The van der Waals surface area contributed by atoms with Crippen LogP contribution in [0.1, 0.15) is 43.4 Å². The molecule has 1 fully saturated rings. The fourth-order valence-electron chi connectivity index (χ4n) is 2.54. The van der Waals surface area contributed by atoms with E-state index in [4.69, 9.17) is 0 Å². The van der Waals surface area contributed by atoms with E-state index in [2.05, 4.69) is 29.7 Å². The van der Waals surface area contributed by atoms with E-state index >= 15 is 0 Å². The quantitative estimate of drug-likeness (QED) is 0.859. The number of hydrogen-bond acceptors (Lipinski definition) is 2. The van der Waals surface area contributed by atoms with Gasteiger partial charge in [-0.15, -0.1) is 0 Å². The highest BCUT2D eigenvalue weighted by molar-refractivity contribution is 5.82. The molecule has 1 unspecified atom stereocenters. The monoisotopic (exact) mass is 246 g/mol. The van der Waals surface area contributed by atoms with Crippen LogP contribution in [0.5, 0.6) is 0 Å². The lowest BCUT2D eigenvalue weighted by Gasteiger charge is -2.25. The van der Waals surface area contributed by atoms with Crippen LogP contribution in [-0.2, 0) is 4.79 Å². The lowest BCUT2D eigenvalue weighted by Crippen LogP contribution is -2.47. The second-order valence-corrected chi connectivity index (χ2v) is 5.09. The van der Waals surface area contributed by atoms with Crippen LogP contribution in [0.2, 0.25) is 0 Å². The maximum atomic E-state index is 12.1. The summed E-state index contributed by atoms with van der Waals surface area (Å²) in [5, 5.41) is 6.38. The smallest absolute Gasteiger partial charge is 0.237 e. The van der Waals surface area contributed by atoms with E-state index in [0.29, 0.717) is 0 Å². The van der Waals surface area contributed by atoms with Gasteiger partial charge in [0.25, 0.3) is 0 Å². The van der Waals surface area contributed by atoms with Gasteiger partial charge in [-0.1, -0.05) is 30.7 Å². The lowest BCUT2D eigenvalue weighted by molar-refractivity contribution is -0.124. The molecule has 1 amide bonds. The number of carbonyl (C=O) groups excluding carboxylic acids is 1. The molecule has 1 saturated heterocycles. The second kappa shape index (κ2) is 6.01. The van der Waals surface area contributed by atoms with E-state index in [1.165, 1.54) is 17.5 Å². The van der Waals surface area contributed by atoms with Crippen molar-refractivity contribution in [2.75, 3.05) is 6.54 Å². The van der Waals surface area contributed by atoms with Crippen LogP contribution in [-0.4, -0.2) is 18.5 Å². The number of amides is 1. The zero-order chi connectivity index (χ0) is 13.0. The Kier molecular flexibility index (Phi) is 4.37. The van der Waals surface area contributed by atoms with Gasteiger partial charge >= 0.3 is 0 Å². The Morgan fingerprint density at radius 1 is 1.39 bits per heavy atom. The van der Waals surface area contributed by atoms with Gasteiger partial charge in [0.2, 0.25) is 5.91 Å². The highest BCUT2D eigenvalue weighted by Crippen LogP contribution is 2.17. The summed E-state index contributed by atoms with van der Waals surface area (Å²) in [6.07, 6.45) is 3.27. The molecule has 1 aliphatic heterocycles. The van der Waals surface area contributed by atoms with E-state index in [1.807, 2.05) is 19.1 Å². The molecule has 1 aromatic carbocycles. The molecule has 0 aromatic heterocycles. The Balaban J connectivity index is 1.96. The van der Waals surface area contributed by atoms with E-state index < -0.39 is 0 Å². The summed E-state index contributed by atoms with van der Waals surface area (Å²) in [5.41, 5.74) is 2.42. The Bertz CT molecular complexity index is 411. The van der Waals surface area contributed by atoms with Crippen molar-refractivity contribution in [2.45, 2.75) is 45.2 Å². The maximum Gasteiger partial charge on any atom is 0.237 e. The number of hydrogen-bond donors (Lipinski definition) is 2. The number of rotatable bonds is 3. The van der Waals surface area contributed by atoms with E-state index in [-0.39, 0.29) is 18.0 Å². The second-order valence-electron chi connectivity index (χ2n) is 5.09. The molecular weight excluding hydrogens is 224 g/mol. The van der Waals surface area contributed by atoms with Crippen molar-refractivity contribution in [3.8, 4) is 0 Å². The Morgan fingerprint density at radius 3 is 2.83 bits per heavy atom. The SMILES string of the molecule is Cc1ccccc1[C@H](C)NC(=O)C1CCCCN1. The minimum Gasteiger partial charge on any atom is -0.348 e. The summed E-state index contributed by atoms with van der Waals surface area (Å²) >= 11 is 0. The lowest BCUT2D eigenvalue weighted by atomic mass is 10.0. The third-order valence-corrected chi connectivity index (χ3v) is 3.64. The molecule has 0 aliphatic carbocycles. The molecule has 1 aliphatic rings.